The first-order chi connectivity index (χ1) is 20.8. The molecular weight excluding hydrogens is 559 g/mol. The van der Waals surface area contributed by atoms with Gasteiger partial charge in [0.2, 0.25) is 5.88 Å². The molecule has 2 aromatic heterocycles. The van der Waals surface area contributed by atoms with E-state index >= 15 is 0 Å². The maximum absolute atomic E-state index is 14.3. The highest BCUT2D eigenvalue weighted by Crippen LogP contribution is 2.47. The van der Waals surface area contributed by atoms with Gasteiger partial charge in [0.25, 0.3) is 5.91 Å². The van der Waals surface area contributed by atoms with Gasteiger partial charge in [-0.3, -0.25) is 4.79 Å². The number of hydrogen-bond donors (Lipinski definition) is 1. The number of pyridine rings is 2. The highest BCUT2D eigenvalue weighted by atomic mass is 19.4. The van der Waals surface area contributed by atoms with Gasteiger partial charge in [0, 0.05) is 43.8 Å². The fraction of sp³-hybridized carbons (Fsp3) is 0.469. The quantitative estimate of drug-likeness (QED) is 0.396. The van der Waals surface area contributed by atoms with Crippen LogP contribution in [-0.2, 0) is 11.6 Å². The van der Waals surface area contributed by atoms with Crippen molar-refractivity contribution in [1.29, 1.82) is 0 Å². The Labute approximate surface area is 249 Å². The molecule has 1 aromatic carbocycles. The number of aromatic nitrogens is 2. The van der Waals surface area contributed by atoms with E-state index in [0.29, 0.717) is 68.5 Å². The molecule has 5 heterocycles. The molecule has 6 rings (SSSR count). The number of hydrogen-bond acceptors (Lipinski definition) is 7. The molecule has 0 saturated carbocycles. The lowest BCUT2D eigenvalue weighted by molar-refractivity contribution is -0.138. The van der Waals surface area contributed by atoms with Crippen molar-refractivity contribution in [2.45, 2.75) is 50.7 Å². The number of nitrogens with zero attached hydrogens (tertiary/aromatic N) is 4. The minimum atomic E-state index is -4.56. The van der Waals surface area contributed by atoms with Gasteiger partial charge in [-0.25, -0.2) is 9.97 Å². The molecule has 0 aliphatic carbocycles. The van der Waals surface area contributed by atoms with Crippen LogP contribution >= 0.6 is 0 Å². The third-order valence-corrected chi connectivity index (χ3v) is 8.86. The molecule has 2 fully saturated rings. The number of ether oxygens (including phenoxy) is 2. The molecule has 43 heavy (non-hydrogen) atoms. The van der Waals surface area contributed by atoms with E-state index in [4.69, 9.17) is 14.5 Å². The minimum absolute atomic E-state index is 0.0399. The Morgan fingerprint density at radius 1 is 1.05 bits per heavy atom. The van der Waals surface area contributed by atoms with Crippen molar-refractivity contribution in [1.82, 2.24) is 20.2 Å². The van der Waals surface area contributed by atoms with Gasteiger partial charge < -0.3 is 24.6 Å². The van der Waals surface area contributed by atoms with Crippen LogP contribution in [0.5, 0.6) is 11.6 Å². The van der Waals surface area contributed by atoms with Crippen molar-refractivity contribution in [2.24, 2.45) is 0 Å². The largest absolute Gasteiger partial charge is 0.493 e. The predicted octanol–water partition coefficient (Wildman–Crippen LogP) is 5.32. The van der Waals surface area contributed by atoms with E-state index in [1.807, 2.05) is 36.1 Å². The van der Waals surface area contributed by atoms with E-state index < -0.39 is 17.2 Å². The molecule has 1 atom stereocenters. The maximum atomic E-state index is 14.3. The van der Waals surface area contributed by atoms with Crippen LogP contribution < -0.4 is 19.7 Å². The zero-order valence-electron chi connectivity index (χ0n) is 24.4. The molecule has 3 aromatic rings. The third kappa shape index (κ3) is 5.39. The van der Waals surface area contributed by atoms with Gasteiger partial charge in [-0.05, 0) is 75.5 Å². The number of rotatable bonds is 7. The molecule has 1 amide bonds. The molecule has 228 valence electrons. The lowest BCUT2D eigenvalue weighted by Crippen LogP contribution is -2.57. The summed E-state index contributed by atoms with van der Waals surface area (Å²) < 4.78 is 54.0. The minimum Gasteiger partial charge on any atom is -0.493 e. The van der Waals surface area contributed by atoms with Crippen molar-refractivity contribution >= 4 is 11.6 Å². The van der Waals surface area contributed by atoms with Crippen LogP contribution in [0.3, 0.4) is 0 Å². The molecule has 8 nitrogen and oxygen atoms in total. The number of anilines is 1. The standard InChI is InChI=1S/C32H36F3N5O3/c1-3-42-26-9-5-8-25(27(26)32(33,34)35)39-17-13-31(14-18-39)20-40(21-12-16-36-19-21)30(41)28-23(31)10-11-24(38-28)22-7-6-15-37-29(22)43-4-2/h5-11,15,21,36H,3-4,12-14,16-20H2,1-2H3. The second-order valence-corrected chi connectivity index (χ2v) is 11.3. The number of nitrogens with one attached hydrogen (secondary N) is 1. The molecule has 0 radical (unpaired) electrons. The normalized spacial score (nSPS) is 19.9. The van der Waals surface area contributed by atoms with E-state index in [2.05, 4.69) is 10.3 Å². The highest BCUT2D eigenvalue weighted by molar-refractivity contribution is 5.96. The van der Waals surface area contributed by atoms with Crippen LogP contribution in [0.1, 0.15) is 54.7 Å². The van der Waals surface area contributed by atoms with Crippen LogP contribution in [-0.4, -0.2) is 72.8 Å². The number of piperidine rings is 1. The Kier molecular flexibility index (Phi) is 7.93. The Morgan fingerprint density at radius 3 is 2.53 bits per heavy atom. The number of halogens is 3. The third-order valence-electron chi connectivity index (χ3n) is 8.86. The first-order valence-electron chi connectivity index (χ1n) is 14.9. The number of fused-ring (bicyclic) bond motifs is 2. The Hall–Kier alpha value is -3.86. The fourth-order valence-electron chi connectivity index (χ4n) is 6.80. The first kappa shape index (κ1) is 29.2. The van der Waals surface area contributed by atoms with Gasteiger partial charge in [-0.2, -0.15) is 13.2 Å². The first-order valence-corrected chi connectivity index (χ1v) is 14.9. The molecule has 1 N–H and O–H groups in total. The summed E-state index contributed by atoms with van der Waals surface area (Å²) >= 11 is 0. The topological polar surface area (TPSA) is 79.8 Å². The molecular formula is C32H36F3N5O3. The fourth-order valence-corrected chi connectivity index (χ4v) is 6.80. The van der Waals surface area contributed by atoms with E-state index in [-0.39, 0.29) is 30.0 Å². The van der Waals surface area contributed by atoms with Gasteiger partial charge >= 0.3 is 6.18 Å². The van der Waals surface area contributed by atoms with Crippen LogP contribution in [0.25, 0.3) is 11.3 Å². The Balaban J connectivity index is 1.37. The van der Waals surface area contributed by atoms with Crippen molar-refractivity contribution in [3.05, 3.63) is 65.5 Å². The maximum Gasteiger partial charge on any atom is 0.421 e. The van der Waals surface area contributed by atoms with Crippen LogP contribution in [0, 0.1) is 0 Å². The monoisotopic (exact) mass is 595 g/mol. The zero-order chi connectivity index (χ0) is 30.2. The van der Waals surface area contributed by atoms with Crippen LogP contribution in [0.15, 0.2) is 48.7 Å². The van der Waals surface area contributed by atoms with Crippen molar-refractivity contribution in [2.75, 3.05) is 50.8 Å². The highest BCUT2D eigenvalue weighted by Gasteiger charge is 2.48. The van der Waals surface area contributed by atoms with Crippen LogP contribution in [0.2, 0.25) is 0 Å². The van der Waals surface area contributed by atoms with Gasteiger partial charge in [-0.15, -0.1) is 0 Å². The summed E-state index contributed by atoms with van der Waals surface area (Å²) in [7, 11) is 0. The second-order valence-electron chi connectivity index (χ2n) is 11.3. The van der Waals surface area contributed by atoms with E-state index in [0.717, 1.165) is 18.5 Å². The van der Waals surface area contributed by atoms with Gasteiger partial charge in [0.15, 0.2) is 0 Å². The molecule has 0 bridgehead atoms. The molecule has 3 aliphatic heterocycles. The van der Waals surface area contributed by atoms with E-state index in [1.165, 1.54) is 12.1 Å². The predicted molar refractivity (Wildman–Crippen MR) is 157 cm³/mol. The SMILES string of the molecule is CCOc1cccc(N2CCC3(CC2)CN(C2CCNC2)C(=O)c2nc(-c4cccnc4OCC)ccc23)c1C(F)(F)F. The summed E-state index contributed by atoms with van der Waals surface area (Å²) in [5.41, 5.74) is 1.54. The number of amides is 1. The summed E-state index contributed by atoms with van der Waals surface area (Å²) in [5.74, 6) is 0.194. The lowest BCUT2D eigenvalue weighted by atomic mass is 9.69. The average Bonchev–Trinajstić information content (AvgIpc) is 3.54. The van der Waals surface area contributed by atoms with E-state index in [1.54, 1.807) is 24.1 Å². The number of carbonyl (C=O) groups is 1. The van der Waals surface area contributed by atoms with Crippen molar-refractivity contribution in [3.8, 4) is 22.9 Å². The smallest absolute Gasteiger partial charge is 0.421 e. The number of carbonyl (C=O) groups excluding carboxylic acids is 1. The van der Waals surface area contributed by atoms with Gasteiger partial charge in [-0.1, -0.05) is 12.1 Å². The molecule has 11 heteroatoms. The Bertz CT molecular complexity index is 1480. The number of alkyl halides is 3. The van der Waals surface area contributed by atoms with Crippen molar-refractivity contribution in [3.63, 3.8) is 0 Å². The van der Waals surface area contributed by atoms with Crippen molar-refractivity contribution < 1.29 is 27.4 Å². The number of benzene rings is 1. The van der Waals surface area contributed by atoms with Gasteiger partial charge in [0.05, 0.1) is 30.2 Å². The summed E-state index contributed by atoms with van der Waals surface area (Å²) in [6.45, 7) is 7.02. The Morgan fingerprint density at radius 2 is 1.84 bits per heavy atom. The zero-order valence-corrected chi connectivity index (χ0v) is 24.4. The summed E-state index contributed by atoms with van der Waals surface area (Å²) in [6, 6.07) is 12.1. The molecule has 1 spiro atoms. The summed E-state index contributed by atoms with van der Waals surface area (Å²) in [5, 5.41) is 3.36. The van der Waals surface area contributed by atoms with Crippen LogP contribution in [0.4, 0.5) is 18.9 Å². The average molecular weight is 596 g/mol. The lowest BCUT2D eigenvalue weighted by Gasteiger charge is -2.50. The van der Waals surface area contributed by atoms with E-state index in [9.17, 15) is 18.0 Å². The summed E-state index contributed by atoms with van der Waals surface area (Å²) in [4.78, 5) is 27.0. The second kappa shape index (κ2) is 11.7. The molecule has 1 unspecified atom stereocenters. The molecule has 2 saturated heterocycles. The molecule has 3 aliphatic rings. The van der Waals surface area contributed by atoms with Gasteiger partial charge in [0.1, 0.15) is 17.0 Å². The summed E-state index contributed by atoms with van der Waals surface area (Å²) in [6.07, 6.45) is -0.890.